The van der Waals surface area contributed by atoms with Gasteiger partial charge in [0.1, 0.15) is 11.3 Å². The molecule has 1 amide bonds. The van der Waals surface area contributed by atoms with Crippen LogP contribution in [0.5, 0.6) is 0 Å². The van der Waals surface area contributed by atoms with Gasteiger partial charge in [-0.25, -0.2) is 0 Å². The molecule has 0 spiro atoms. The lowest BCUT2D eigenvalue weighted by Crippen LogP contribution is -2.21. The number of halogens is 5. The second-order valence-electron chi connectivity index (χ2n) is 5.07. The van der Waals surface area contributed by atoms with E-state index in [-0.39, 0.29) is 23.0 Å². The summed E-state index contributed by atoms with van der Waals surface area (Å²) < 4.78 is 46.0. The maximum Gasteiger partial charge on any atom is 0.420 e. The Morgan fingerprint density at radius 1 is 1.38 bits per heavy atom. The zero-order valence-corrected chi connectivity index (χ0v) is 15.1. The third kappa shape index (κ3) is 4.07. The maximum atomic E-state index is 13.1. The topological polar surface area (TPSA) is 72.4 Å². The minimum Gasteiger partial charge on any atom is -0.450 e. The molecule has 3 heterocycles. The van der Waals surface area contributed by atoms with E-state index in [1.54, 1.807) is 12.1 Å². The SMILES string of the molecule is O=C(C=Cc1ccc(Br)o1)NCc1nnc2c(C(F)(F)F)cc(Cl)cn12. The molecule has 1 N–H and O–H groups in total. The van der Waals surface area contributed by atoms with Crippen molar-refractivity contribution >= 4 is 45.2 Å². The highest BCUT2D eigenvalue weighted by molar-refractivity contribution is 9.10. The summed E-state index contributed by atoms with van der Waals surface area (Å²) in [6, 6.07) is 4.10. The van der Waals surface area contributed by atoms with E-state index in [2.05, 4.69) is 31.4 Å². The fourth-order valence-electron chi connectivity index (χ4n) is 2.14. The van der Waals surface area contributed by atoms with E-state index in [9.17, 15) is 18.0 Å². The Labute approximate surface area is 157 Å². The second kappa shape index (κ2) is 7.12. The Kier molecular flexibility index (Phi) is 5.05. The smallest absolute Gasteiger partial charge is 0.420 e. The van der Waals surface area contributed by atoms with Crippen molar-refractivity contribution in [2.75, 3.05) is 0 Å². The molecule has 0 aliphatic carbocycles. The molecule has 0 saturated carbocycles. The van der Waals surface area contributed by atoms with Gasteiger partial charge in [0.25, 0.3) is 0 Å². The van der Waals surface area contributed by atoms with Gasteiger partial charge in [-0.05, 0) is 40.2 Å². The predicted octanol–water partition coefficient (Wildman–Crippen LogP) is 4.09. The van der Waals surface area contributed by atoms with Crippen LogP contribution < -0.4 is 5.32 Å². The van der Waals surface area contributed by atoms with E-state index in [0.29, 0.717) is 10.4 Å². The average molecular weight is 450 g/mol. The maximum absolute atomic E-state index is 13.1. The van der Waals surface area contributed by atoms with E-state index < -0.39 is 17.6 Å². The molecule has 0 fully saturated rings. The third-order valence-electron chi connectivity index (χ3n) is 3.26. The lowest BCUT2D eigenvalue weighted by molar-refractivity contribution is -0.136. The fourth-order valence-corrected chi connectivity index (χ4v) is 2.66. The molecule has 26 heavy (non-hydrogen) atoms. The first kappa shape index (κ1) is 18.5. The molecule has 0 atom stereocenters. The summed E-state index contributed by atoms with van der Waals surface area (Å²) in [6.45, 7) is -0.135. The number of fused-ring (bicyclic) bond motifs is 1. The Bertz CT molecular complexity index is 997. The van der Waals surface area contributed by atoms with Crippen LogP contribution in [-0.4, -0.2) is 20.5 Å². The number of nitrogens with one attached hydrogen (secondary N) is 1. The summed E-state index contributed by atoms with van der Waals surface area (Å²) in [7, 11) is 0. The first-order valence-corrected chi connectivity index (χ1v) is 8.23. The first-order valence-electron chi connectivity index (χ1n) is 7.05. The van der Waals surface area contributed by atoms with Crippen molar-refractivity contribution in [1.29, 1.82) is 0 Å². The highest BCUT2D eigenvalue weighted by Crippen LogP contribution is 2.33. The number of hydrogen-bond acceptors (Lipinski definition) is 4. The molecule has 6 nitrogen and oxygen atoms in total. The van der Waals surface area contributed by atoms with Gasteiger partial charge in [0.05, 0.1) is 11.6 Å². The molecule has 0 aromatic carbocycles. The van der Waals surface area contributed by atoms with Crippen LogP contribution in [0, 0.1) is 0 Å². The summed E-state index contributed by atoms with van der Waals surface area (Å²) in [4.78, 5) is 11.8. The van der Waals surface area contributed by atoms with Crippen LogP contribution in [0.4, 0.5) is 13.2 Å². The number of aromatic nitrogens is 3. The van der Waals surface area contributed by atoms with Crippen molar-refractivity contribution in [2.45, 2.75) is 12.7 Å². The Balaban J connectivity index is 1.76. The molecule has 0 aliphatic rings. The largest absolute Gasteiger partial charge is 0.450 e. The van der Waals surface area contributed by atoms with Crippen molar-refractivity contribution < 1.29 is 22.4 Å². The van der Waals surface area contributed by atoms with Gasteiger partial charge in [-0.2, -0.15) is 13.2 Å². The molecule has 0 unspecified atom stereocenters. The van der Waals surface area contributed by atoms with Crippen LogP contribution in [0.2, 0.25) is 5.02 Å². The average Bonchev–Trinajstić information content (AvgIpc) is 3.15. The van der Waals surface area contributed by atoms with Gasteiger partial charge < -0.3 is 9.73 Å². The number of hydrogen-bond donors (Lipinski definition) is 1. The van der Waals surface area contributed by atoms with Crippen molar-refractivity contribution in [3.63, 3.8) is 0 Å². The number of nitrogens with zero attached hydrogens (tertiary/aromatic N) is 3. The number of carbonyl (C=O) groups excluding carboxylic acids is 1. The summed E-state index contributed by atoms with van der Waals surface area (Å²) in [5.74, 6) is 0.0874. The molecule has 0 aliphatic heterocycles. The van der Waals surface area contributed by atoms with Crippen molar-refractivity contribution in [3.8, 4) is 0 Å². The van der Waals surface area contributed by atoms with E-state index >= 15 is 0 Å². The molecule has 0 bridgehead atoms. The number of amides is 1. The molecule has 3 aromatic rings. The van der Waals surface area contributed by atoms with Gasteiger partial charge in [0.2, 0.25) is 5.91 Å². The van der Waals surface area contributed by atoms with Crippen LogP contribution in [0.3, 0.4) is 0 Å². The third-order valence-corrected chi connectivity index (χ3v) is 3.89. The molecular formula is C15H9BrClF3N4O2. The van der Waals surface area contributed by atoms with Crippen LogP contribution in [0.1, 0.15) is 17.1 Å². The standard InChI is InChI=1S/C15H9BrClF3N4O2/c16-11-3-1-9(26-11)2-4-13(25)21-6-12-22-23-14-10(15(18,19)20)5-8(17)7-24(12)14/h1-5,7H,6H2,(H,21,25). The van der Waals surface area contributed by atoms with Crippen molar-refractivity contribution in [2.24, 2.45) is 0 Å². The normalized spacial score (nSPS) is 12.2. The van der Waals surface area contributed by atoms with Gasteiger partial charge in [-0.1, -0.05) is 11.6 Å². The predicted molar refractivity (Wildman–Crippen MR) is 90.3 cm³/mol. The molecule has 3 rings (SSSR count). The lowest BCUT2D eigenvalue weighted by atomic mass is 10.2. The number of carbonyl (C=O) groups is 1. The number of pyridine rings is 1. The molecule has 0 saturated heterocycles. The Hall–Kier alpha value is -2.33. The van der Waals surface area contributed by atoms with Crippen molar-refractivity contribution in [1.82, 2.24) is 19.9 Å². The summed E-state index contributed by atoms with van der Waals surface area (Å²) in [5, 5.41) is 9.62. The summed E-state index contributed by atoms with van der Waals surface area (Å²) in [5.41, 5.74) is -1.39. The fraction of sp³-hybridized carbons (Fsp3) is 0.133. The van der Waals surface area contributed by atoms with E-state index in [0.717, 1.165) is 10.5 Å². The number of alkyl halides is 3. The highest BCUT2D eigenvalue weighted by Gasteiger charge is 2.35. The summed E-state index contributed by atoms with van der Waals surface area (Å²) in [6.07, 6.45) is -0.702. The monoisotopic (exact) mass is 448 g/mol. The Morgan fingerprint density at radius 2 is 2.15 bits per heavy atom. The highest BCUT2D eigenvalue weighted by atomic mass is 79.9. The second-order valence-corrected chi connectivity index (χ2v) is 6.29. The summed E-state index contributed by atoms with van der Waals surface area (Å²) >= 11 is 8.89. The quantitative estimate of drug-likeness (QED) is 0.609. The molecule has 0 radical (unpaired) electrons. The van der Waals surface area contributed by atoms with E-state index in [1.807, 2.05) is 0 Å². The van der Waals surface area contributed by atoms with E-state index in [4.69, 9.17) is 16.0 Å². The van der Waals surface area contributed by atoms with Crippen LogP contribution in [0.15, 0.2) is 39.6 Å². The van der Waals surface area contributed by atoms with Gasteiger partial charge in [-0.3, -0.25) is 9.20 Å². The van der Waals surface area contributed by atoms with Crippen molar-refractivity contribution in [3.05, 3.63) is 57.3 Å². The first-order chi connectivity index (χ1) is 12.2. The van der Waals surface area contributed by atoms with Crippen LogP contribution in [0.25, 0.3) is 11.7 Å². The molecule has 11 heteroatoms. The molecule has 3 aromatic heterocycles. The molecular weight excluding hydrogens is 441 g/mol. The minimum atomic E-state index is -4.63. The van der Waals surface area contributed by atoms with Gasteiger partial charge in [0.15, 0.2) is 16.1 Å². The van der Waals surface area contributed by atoms with Crippen LogP contribution in [-0.2, 0) is 17.5 Å². The van der Waals surface area contributed by atoms with Gasteiger partial charge in [0, 0.05) is 12.3 Å². The Morgan fingerprint density at radius 3 is 2.81 bits per heavy atom. The van der Waals surface area contributed by atoms with E-state index in [1.165, 1.54) is 18.3 Å². The minimum absolute atomic E-state index is 0.107. The lowest BCUT2D eigenvalue weighted by Gasteiger charge is -2.09. The number of rotatable bonds is 4. The number of furan rings is 1. The zero-order valence-electron chi connectivity index (χ0n) is 12.7. The zero-order chi connectivity index (χ0) is 18.9. The van der Waals surface area contributed by atoms with Crippen LogP contribution >= 0.6 is 27.5 Å². The van der Waals surface area contributed by atoms with Gasteiger partial charge >= 0.3 is 6.18 Å². The van der Waals surface area contributed by atoms with Gasteiger partial charge in [-0.15, -0.1) is 10.2 Å². The molecule has 136 valence electrons.